The number of hydrogen-bond acceptors (Lipinski definition) is 1. The molecule has 0 aliphatic carbocycles. The SMILES string of the molecule is PPP(P)P=NP(P)P. The summed E-state index contributed by atoms with van der Waals surface area (Å²) in [7, 11) is 13.0. The third-order valence-electron chi connectivity index (χ3n) is 0.372. The van der Waals surface area contributed by atoms with Gasteiger partial charge >= 0.3 is 0 Å². The Bertz CT molecular complexity index is 84.6. The fraction of sp³-hybridized carbons (Fsp3) is 0. The molecule has 0 aliphatic rings. The van der Waals surface area contributed by atoms with Gasteiger partial charge in [0.05, 0.1) is 7.45 Å². The van der Waals surface area contributed by atoms with Crippen LogP contribution < -0.4 is 0 Å². The molecule has 0 aromatic carbocycles. The molecule has 0 heterocycles. The zero-order valence-corrected chi connectivity index (χ0v) is 12.9. The molecule has 0 fully saturated rings. The lowest BCUT2D eigenvalue weighted by atomic mass is 13.9. The third kappa shape index (κ3) is 9.02. The average Bonchev–Trinajstić information content (AvgIpc) is 1.83. The highest BCUT2D eigenvalue weighted by molar-refractivity contribution is 8.78. The molecule has 0 N–H and O–H groups in total. The van der Waals surface area contributed by atoms with Gasteiger partial charge in [-0.05, 0) is 0 Å². The maximum absolute atomic E-state index is 4.36. The van der Waals surface area contributed by atoms with Gasteiger partial charge in [-0.3, -0.25) is 0 Å². The molecule has 1 nitrogen and oxygen atoms in total. The highest BCUT2D eigenvalue weighted by Crippen LogP contribution is 2.77. The predicted molar refractivity (Wildman–Crippen MR) is 70.3 cm³/mol. The standard InChI is InChI=1S/H9NP8/c2-7-9(5)6-1-8(3)4/h7H,2-5H2. The van der Waals surface area contributed by atoms with Crippen LogP contribution >= 0.6 is 66.2 Å². The van der Waals surface area contributed by atoms with Crippen LogP contribution in [-0.2, 0) is 0 Å². The van der Waals surface area contributed by atoms with E-state index >= 15 is 0 Å². The van der Waals surface area contributed by atoms with Gasteiger partial charge in [0.2, 0.25) is 0 Å². The Kier molecular flexibility index (Phi) is 10.4. The van der Waals surface area contributed by atoms with E-state index in [-0.39, 0.29) is 14.4 Å². The van der Waals surface area contributed by atoms with Crippen molar-refractivity contribution in [2.75, 3.05) is 0 Å². The Labute approximate surface area is 70.9 Å². The highest BCUT2D eigenvalue weighted by Gasteiger charge is 1.92. The van der Waals surface area contributed by atoms with E-state index in [1.54, 1.807) is 0 Å². The summed E-state index contributed by atoms with van der Waals surface area (Å²) < 4.78 is 4.36. The van der Waals surface area contributed by atoms with E-state index in [1.165, 1.54) is 8.06 Å². The van der Waals surface area contributed by atoms with Crippen LogP contribution in [0.15, 0.2) is 4.52 Å². The van der Waals surface area contributed by atoms with Crippen molar-refractivity contribution in [3.05, 3.63) is 0 Å². The fourth-order valence-electron chi connectivity index (χ4n) is 0.115. The molecule has 0 aliphatic heterocycles. The van der Waals surface area contributed by atoms with Crippen LogP contribution in [0.1, 0.15) is 0 Å². The molecule has 0 rings (SSSR count). The quantitative estimate of drug-likeness (QED) is 0.661. The van der Waals surface area contributed by atoms with E-state index in [4.69, 9.17) is 0 Å². The minimum Gasteiger partial charge on any atom is -0.232 e. The van der Waals surface area contributed by atoms with Gasteiger partial charge in [-0.2, -0.15) is 0 Å². The van der Waals surface area contributed by atoms with Crippen LogP contribution in [0.25, 0.3) is 0 Å². The molecule has 0 spiro atoms. The lowest BCUT2D eigenvalue weighted by Gasteiger charge is -1.98. The van der Waals surface area contributed by atoms with E-state index in [0.29, 0.717) is 0 Å². The minimum absolute atomic E-state index is 0.0916. The molecule has 6 unspecified atom stereocenters. The van der Waals surface area contributed by atoms with Gasteiger partial charge in [-0.25, -0.2) is 4.52 Å². The Hall–Kier alpha value is 3.11. The van der Waals surface area contributed by atoms with Crippen molar-refractivity contribution >= 4 is 66.2 Å². The molecule has 0 radical (unpaired) electrons. The topological polar surface area (TPSA) is 12.4 Å². The highest BCUT2D eigenvalue weighted by atomic mass is 32.8. The van der Waals surface area contributed by atoms with Gasteiger partial charge < -0.3 is 0 Å². The summed E-state index contributed by atoms with van der Waals surface area (Å²) in [6, 6.07) is 0. The summed E-state index contributed by atoms with van der Waals surface area (Å²) in [6.45, 7) is 0.0916. The first-order valence-corrected chi connectivity index (χ1v) is 14.6. The van der Waals surface area contributed by atoms with Gasteiger partial charge in [-0.15, -0.1) is 8.93 Å². The van der Waals surface area contributed by atoms with Crippen molar-refractivity contribution in [2.45, 2.75) is 0 Å². The largest absolute Gasteiger partial charge is 0.232 e. The van der Waals surface area contributed by atoms with Gasteiger partial charge in [-0.1, -0.05) is 34.7 Å². The van der Waals surface area contributed by atoms with Crippen molar-refractivity contribution < 1.29 is 0 Å². The first kappa shape index (κ1) is 12.1. The van der Waals surface area contributed by atoms with Gasteiger partial charge in [0.25, 0.3) is 0 Å². The molecule has 0 saturated heterocycles. The maximum atomic E-state index is 4.36. The van der Waals surface area contributed by atoms with Crippen LogP contribution in [0.4, 0.5) is 0 Å². The Morgan fingerprint density at radius 3 is 2.22 bits per heavy atom. The molecule has 9 heavy (non-hydrogen) atoms. The molecule has 0 amide bonds. The van der Waals surface area contributed by atoms with Crippen molar-refractivity contribution in [2.24, 2.45) is 4.52 Å². The average molecular weight is 271 g/mol. The van der Waals surface area contributed by atoms with Gasteiger partial charge in [0.15, 0.2) is 0 Å². The summed E-state index contributed by atoms with van der Waals surface area (Å²) in [4.78, 5) is 0. The van der Waals surface area contributed by atoms with Crippen LogP contribution in [-0.4, -0.2) is 0 Å². The fourth-order valence-corrected chi connectivity index (χ4v) is 9.32. The minimum atomic E-state index is -0.195. The number of hydrogen-bond donors (Lipinski definition) is 0. The molecular formula is H9NP8. The first-order chi connectivity index (χ1) is 4.16. The second kappa shape index (κ2) is 7.74. The van der Waals surface area contributed by atoms with E-state index in [9.17, 15) is 0 Å². The second-order valence-electron chi connectivity index (χ2n) is 1.03. The lowest BCUT2D eigenvalue weighted by molar-refractivity contribution is 2.09. The zero-order chi connectivity index (χ0) is 7.28. The van der Waals surface area contributed by atoms with Crippen molar-refractivity contribution in [1.29, 1.82) is 0 Å². The van der Waals surface area contributed by atoms with E-state index < -0.39 is 0 Å². The molecule has 0 aromatic heterocycles. The zero-order valence-electron chi connectivity index (χ0n) is 4.60. The molecule has 9 heteroatoms. The van der Waals surface area contributed by atoms with Crippen molar-refractivity contribution in [3.8, 4) is 0 Å². The summed E-state index contributed by atoms with van der Waals surface area (Å²) in [6.07, 6.45) is 0. The van der Waals surface area contributed by atoms with E-state index in [0.717, 1.165) is 7.96 Å². The number of rotatable bonds is 3. The third-order valence-corrected chi connectivity index (χ3v) is 17.2. The Morgan fingerprint density at radius 1 is 1.33 bits per heavy atom. The first-order valence-electron chi connectivity index (χ1n) is 1.89. The summed E-state index contributed by atoms with van der Waals surface area (Å²) in [5, 5.41) is 0. The van der Waals surface area contributed by atoms with Crippen molar-refractivity contribution in [3.63, 3.8) is 0 Å². The summed E-state index contributed by atoms with van der Waals surface area (Å²) in [5.74, 6) is 0. The maximum Gasteiger partial charge on any atom is 0.0563 e. The van der Waals surface area contributed by atoms with Gasteiger partial charge in [0, 0.05) is 15.0 Å². The monoisotopic (exact) mass is 271 g/mol. The van der Waals surface area contributed by atoms with E-state index in [1.807, 2.05) is 0 Å². The van der Waals surface area contributed by atoms with Crippen LogP contribution in [0, 0.1) is 0 Å². The summed E-state index contributed by atoms with van der Waals surface area (Å²) in [5.41, 5.74) is 0. The lowest BCUT2D eigenvalue weighted by Crippen LogP contribution is -1.21. The van der Waals surface area contributed by atoms with E-state index in [2.05, 4.69) is 40.2 Å². The predicted octanol–water partition coefficient (Wildman–Crippen LogP) is 4.66. The molecular weight excluding hydrogens is 262 g/mol. The molecule has 0 aromatic rings. The summed E-state index contributed by atoms with van der Waals surface area (Å²) >= 11 is 0. The Morgan fingerprint density at radius 2 is 1.89 bits per heavy atom. The molecule has 0 saturated carbocycles. The van der Waals surface area contributed by atoms with Crippen LogP contribution in [0.5, 0.6) is 0 Å². The molecule has 6 atom stereocenters. The van der Waals surface area contributed by atoms with Crippen LogP contribution in [0.3, 0.4) is 0 Å². The second-order valence-corrected chi connectivity index (χ2v) is 20.5. The number of nitrogens with zero attached hydrogens (tertiary/aromatic N) is 1. The molecule has 54 valence electrons. The smallest absolute Gasteiger partial charge is 0.0563 e. The normalized spacial score (nSPS) is 16.6. The Balaban J connectivity index is 3.43. The van der Waals surface area contributed by atoms with Crippen LogP contribution in [0.2, 0.25) is 0 Å². The molecule has 0 bridgehead atoms. The van der Waals surface area contributed by atoms with Gasteiger partial charge in [0.1, 0.15) is 0 Å². The van der Waals surface area contributed by atoms with Crippen molar-refractivity contribution in [1.82, 2.24) is 0 Å².